The third kappa shape index (κ3) is 3.93. The molecule has 0 spiro atoms. The predicted molar refractivity (Wildman–Crippen MR) is 76.0 cm³/mol. The lowest BCUT2D eigenvalue weighted by atomic mass is 9.75. The third-order valence-corrected chi connectivity index (χ3v) is 4.70. The molecule has 1 atom stereocenters. The van der Waals surface area contributed by atoms with Gasteiger partial charge in [-0.25, -0.2) is 0 Å². The molecule has 2 fully saturated rings. The Balaban J connectivity index is 1.83. The Labute approximate surface area is 116 Å². The van der Waals surface area contributed by atoms with Gasteiger partial charge in [0.2, 0.25) is 0 Å². The molecule has 0 aromatic heterocycles. The maximum absolute atomic E-state index is 12.2. The molecule has 19 heavy (non-hydrogen) atoms. The summed E-state index contributed by atoms with van der Waals surface area (Å²) in [5.41, 5.74) is -0.248. The Morgan fingerprint density at radius 1 is 1.26 bits per heavy atom. The molecule has 1 saturated heterocycles. The van der Waals surface area contributed by atoms with Crippen LogP contribution in [0.25, 0.3) is 0 Å². The van der Waals surface area contributed by atoms with E-state index in [1.165, 1.54) is 12.8 Å². The summed E-state index contributed by atoms with van der Waals surface area (Å²) in [5, 5.41) is 6.44. The van der Waals surface area contributed by atoms with Gasteiger partial charge in [-0.3, -0.25) is 4.79 Å². The molecule has 0 amide bonds. The molecule has 0 bridgehead atoms. The molecule has 1 aliphatic heterocycles. The lowest BCUT2D eigenvalue weighted by molar-refractivity contribution is -0.165. The molecule has 1 aliphatic carbocycles. The van der Waals surface area contributed by atoms with Gasteiger partial charge in [0.05, 0.1) is 0 Å². The second-order valence-corrected chi connectivity index (χ2v) is 6.66. The minimum absolute atomic E-state index is 0.0855. The van der Waals surface area contributed by atoms with Crippen molar-refractivity contribution >= 4 is 5.97 Å². The van der Waals surface area contributed by atoms with Crippen LogP contribution < -0.4 is 10.6 Å². The van der Waals surface area contributed by atoms with E-state index in [9.17, 15) is 4.79 Å². The van der Waals surface area contributed by atoms with Crippen LogP contribution in [0, 0.1) is 11.8 Å². The van der Waals surface area contributed by atoms with Crippen LogP contribution in [0.3, 0.4) is 0 Å². The summed E-state index contributed by atoms with van der Waals surface area (Å²) in [6.45, 7) is 9.12. The number of hydrogen-bond acceptors (Lipinski definition) is 4. The van der Waals surface area contributed by atoms with Gasteiger partial charge >= 0.3 is 5.97 Å². The van der Waals surface area contributed by atoms with Crippen LogP contribution in [0.15, 0.2) is 0 Å². The van der Waals surface area contributed by atoms with Gasteiger partial charge in [-0.05, 0) is 44.4 Å². The van der Waals surface area contributed by atoms with Gasteiger partial charge in [-0.1, -0.05) is 13.8 Å². The zero-order chi connectivity index (χ0) is 13.9. The van der Waals surface area contributed by atoms with E-state index >= 15 is 0 Å². The van der Waals surface area contributed by atoms with Crippen LogP contribution in [0.2, 0.25) is 0 Å². The summed E-state index contributed by atoms with van der Waals surface area (Å²) in [6.07, 6.45) is 4.36. The molecule has 110 valence electrons. The fourth-order valence-electron chi connectivity index (χ4n) is 3.15. The molecule has 1 heterocycles. The van der Waals surface area contributed by atoms with Crippen LogP contribution in [-0.4, -0.2) is 37.2 Å². The second kappa shape index (κ2) is 6.23. The summed E-state index contributed by atoms with van der Waals surface area (Å²) < 4.78 is 5.80. The SMILES string of the molecule is CC(C)C1CCC(C)(OC(=O)C2CNCCN2)CC1. The maximum Gasteiger partial charge on any atom is 0.325 e. The van der Waals surface area contributed by atoms with E-state index in [0.717, 1.165) is 37.8 Å². The van der Waals surface area contributed by atoms with Gasteiger partial charge in [0.15, 0.2) is 0 Å². The summed E-state index contributed by atoms with van der Waals surface area (Å²) in [5.74, 6) is 1.45. The average Bonchev–Trinajstić information content (AvgIpc) is 2.40. The first-order valence-electron chi connectivity index (χ1n) is 7.67. The first-order valence-corrected chi connectivity index (χ1v) is 7.67. The number of hydrogen-bond donors (Lipinski definition) is 2. The zero-order valence-corrected chi connectivity index (χ0v) is 12.5. The number of esters is 1. The van der Waals surface area contributed by atoms with E-state index < -0.39 is 0 Å². The van der Waals surface area contributed by atoms with Crippen LogP contribution in [0.4, 0.5) is 0 Å². The monoisotopic (exact) mass is 268 g/mol. The lowest BCUT2D eigenvalue weighted by Gasteiger charge is -2.39. The molecule has 2 rings (SSSR count). The van der Waals surface area contributed by atoms with E-state index in [1.54, 1.807) is 0 Å². The molecule has 1 unspecified atom stereocenters. The van der Waals surface area contributed by atoms with Crippen molar-refractivity contribution in [3.8, 4) is 0 Å². The molecule has 0 aromatic carbocycles. The topological polar surface area (TPSA) is 50.4 Å². The summed E-state index contributed by atoms with van der Waals surface area (Å²) >= 11 is 0. The fourth-order valence-corrected chi connectivity index (χ4v) is 3.15. The van der Waals surface area contributed by atoms with E-state index in [1.807, 2.05) is 0 Å². The molecule has 1 saturated carbocycles. The third-order valence-electron chi connectivity index (χ3n) is 4.70. The Kier molecular flexibility index (Phi) is 4.85. The van der Waals surface area contributed by atoms with Crippen molar-refractivity contribution in [2.45, 2.75) is 58.1 Å². The minimum Gasteiger partial charge on any atom is -0.458 e. The van der Waals surface area contributed by atoms with Gasteiger partial charge in [0, 0.05) is 19.6 Å². The molecule has 4 heteroatoms. The number of carbonyl (C=O) groups is 1. The van der Waals surface area contributed by atoms with Crippen molar-refractivity contribution < 1.29 is 9.53 Å². The Morgan fingerprint density at radius 2 is 1.95 bits per heavy atom. The number of ether oxygens (including phenoxy) is 1. The van der Waals surface area contributed by atoms with Crippen LogP contribution >= 0.6 is 0 Å². The Hall–Kier alpha value is -0.610. The summed E-state index contributed by atoms with van der Waals surface area (Å²) in [4.78, 5) is 12.2. The number of carbonyl (C=O) groups excluding carboxylic acids is 1. The lowest BCUT2D eigenvalue weighted by Crippen LogP contribution is -2.54. The van der Waals surface area contributed by atoms with E-state index in [4.69, 9.17) is 4.74 Å². The highest BCUT2D eigenvalue weighted by atomic mass is 16.6. The molecular formula is C15H28N2O2. The first kappa shape index (κ1) is 14.8. The predicted octanol–water partition coefficient (Wildman–Crippen LogP) is 1.70. The fraction of sp³-hybridized carbons (Fsp3) is 0.933. The van der Waals surface area contributed by atoms with Gasteiger partial charge in [0.1, 0.15) is 11.6 Å². The molecule has 0 radical (unpaired) electrons. The van der Waals surface area contributed by atoms with Crippen LogP contribution in [0.1, 0.15) is 46.5 Å². The summed E-state index contributed by atoms with van der Waals surface area (Å²) in [6, 6.07) is -0.173. The molecular weight excluding hydrogens is 240 g/mol. The number of rotatable bonds is 3. The quantitative estimate of drug-likeness (QED) is 0.765. The van der Waals surface area contributed by atoms with Crippen molar-refractivity contribution in [1.82, 2.24) is 10.6 Å². The first-order chi connectivity index (χ1) is 9.00. The highest BCUT2D eigenvalue weighted by Gasteiger charge is 2.37. The largest absolute Gasteiger partial charge is 0.458 e. The van der Waals surface area contributed by atoms with Crippen molar-refractivity contribution in [2.75, 3.05) is 19.6 Å². The zero-order valence-electron chi connectivity index (χ0n) is 12.5. The van der Waals surface area contributed by atoms with E-state index in [-0.39, 0.29) is 17.6 Å². The summed E-state index contributed by atoms with van der Waals surface area (Å²) in [7, 11) is 0. The average molecular weight is 268 g/mol. The molecule has 0 aromatic rings. The normalized spacial score (nSPS) is 36.2. The standard InChI is InChI=1S/C15H28N2O2/c1-11(2)12-4-6-15(3,7-5-12)19-14(18)13-10-16-8-9-17-13/h11-13,16-17H,4-10H2,1-3H3. The van der Waals surface area contributed by atoms with Crippen molar-refractivity contribution in [1.29, 1.82) is 0 Å². The van der Waals surface area contributed by atoms with Gasteiger partial charge in [-0.2, -0.15) is 0 Å². The maximum atomic E-state index is 12.2. The number of nitrogens with one attached hydrogen (secondary N) is 2. The highest BCUT2D eigenvalue weighted by Crippen LogP contribution is 2.37. The second-order valence-electron chi connectivity index (χ2n) is 6.66. The molecule has 4 nitrogen and oxygen atoms in total. The van der Waals surface area contributed by atoms with Crippen molar-refractivity contribution in [3.63, 3.8) is 0 Å². The van der Waals surface area contributed by atoms with Crippen molar-refractivity contribution in [2.24, 2.45) is 11.8 Å². The van der Waals surface area contributed by atoms with Gasteiger partial charge in [-0.15, -0.1) is 0 Å². The molecule has 2 N–H and O–H groups in total. The number of piperazine rings is 1. The minimum atomic E-state index is -0.248. The highest BCUT2D eigenvalue weighted by molar-refractivity contribution is 5.76. The van der Waals surface area contributed by atoms with E-state index in [0.29, 0.717) is 6.54 Å². The van der Waals surface area contributed by atoms with E-state index in [2.05, 4.69) is 31.4 Å². The Morgan fingerprint density at radius 3 is 2.47 bits per heavy atom. The van der Waals surface area contributed by atoms with Crippen LogP contribution in [-0.2, 0) is 9.53 Å². The van der Waals surface area contributed by atoms with Gasteiger partial charge < -0.3 is 15.4 Å². The van der Waals surface area contributed by atoms with Crippen molar-refractivity contribution in [3.05, 3.63) is 0 Å². The van der Waals surface area contributed by atoms with Crippen LogP contribution in [0.5, 0.6) is 0 Å². The van der Waals surface area contributed by atoms with Gasteiger partial charge in [0.25, 0.3) is 0 Å². The smallest absolute Gasteiger partial charge is 0.325 e. The Bertz CT molecular complexity index is 303. The molecule has 2 aliphatic rings.